The fourth-order valence-corrected chi connectivity index (χ4v) is 13.3. The summed E-state index contributed by atoms with van der Waals surface area (Å²) in [6.45, 7) is 19.1. The highest BCUT2D eigenvalue weighted by molar-refractivity contribution is 7.16. The van der Waals surface area contributed by atoms with Crippen molar-refractivity contribution in [1.82, 2.24) is 19.8 Å². The summed E-state index contributed by atoms with van der Waals surface area (Å²) < 4.78 is 0. The van der Waals surface area contributed by atoms with Crippen LogP contribution in [-0.4, -0.2) is 44.7 Å². The standard InChI is InChI=1S/C59H82N4O2S2/c1-9-15-19-21-23-25-33-59(34-26-24-22-20-16-10-2)46-35-41(7)37-60-53(46)54-47(59)36-45(38-61-54)48-31-32-50(67-48)56-52-51(57(64)63(56)40-44(14-6)28-18-12-4)55(49-30-29-42(8)66-49)62(58(52)65)39-43(13-5)27-17-11-3/h29-32,35-38,43-44H,9-28,33-34,39-40H2,1-8H3. The number of aryl methyl sites for hydroxylation is 2. The Hall–Kier alpha value is -3.88. The summed E-state index contributed by atoms with van der Waals surface area (Å²) in [4.78, 5) is 49.3. The smallest absolute Gasteiger partial charge is 0.261 e. The van der Waals surface area contributed by atoms with Crippen LogP contribution in [0.15, 0.2) is 59.9 Å². The Morgan fingerprint density at radius 2 is 1.00 bits per heavy atom. The van der Waals surface area contributed by atoms with Gasteiger partial charge in [-0.2, -0.15) is 0 Å². The molecule has 0 radical (unpaired) electrons. The van der Waals surface area contributed by atoms with Gasteiger partial charge in [-0.25, -0.2) is 0 Å². The molecule has 0 saturated heterocycles. The van der Waals surface area contributed by atoms with Gasteiger partial charge in [-0.1, -0.05) is 163 Å². The van der Waals surface area contributed by atoms with Crippen molar-refractivity contribution in [1.29, 1.82) is 0 Å². The molecule has 67 heavy (non-hydrogen) atoms. The average molecular weight is 943 g/mol. The molecule has 2 aliphatic heterocycles. The zero-order chi connectivity index (χ0) is 47.5. The number of rotatable bonds is 29. The number of pyridine rings is 2. The number of amides is 2. The molecule has 6 heterocycles. The lowest BCUT2D eigenvalue weighted by atomic mass is 9.70. The number of hydrogen-bond donors (Lipinski definition) is 0. The third-order valence-electron chi connectivity index (χ3n) is 15.3. The van der Waals surface area contributed by atoms with Crippen molar-refractivity contribution >= 4 is 45.9 Å². The van der Waals surface area contributed by atoms with Crippen LogP contribution in [0.1, 0.15) is 214 Å². The number of fused-ring (bicyclic) bond motifs is 4. The molecular weight excluding hydrogens is 861 g/mol. The van der Waals surface area contributed by atoms with Gasteiger partial charge in [-0.3, -0.25) is 19.6 Å². The molecule has 362 valence electrons. The SMILES string of the molecule is CCCCCCCCC1(CCCCCCCC)c2cc(C)cnc2-c2ncc(-c3ccc(C4=C5C(=O)N(CC(CC)CCCC)C(c6ccc(C)s6)=C5C(=O)N4CC(CC)CCCC)s3)cc21. The minimum Gasteiger partial charge on any atom is -0.306 e. The van der Waals surface area contributed by atoms with Crippen LogP contribution in [0.5, 0.6) is 0 Å². The van der Waals surface area contributed by atoms with Crippen LogP contribution in [0, 0.1) is 25.7 Å². The van der Waals surface area contributed by atoms with Crippen LogP contribution in [0.3, 0.4) is 0 Å². The van der Waals surface area contributed by atoms with E-state index in [0.29, 0.717) is 36.1 Å². The van der Waals surface area contributed by atoms with Crippen LogP contribution in [0.25, 0.3) is 33.2 Å². The van der Waals surface area contributed by atoms with Crippen LogP contribution in [0.2, 0.25) is 0 Å². The molecule has 1 aliphatic carbocycles. The van der Waals surface area contributed by atoms with E-state index in [9.17, 15) is 0 Å². The Morgan fingerprint density at radius 1 is 0.537 bits per heavy atom. The van der Waals surface area contributed by atoms with Crippen LogP contribution < -0.4 is 0 Å². The van der Waals surface area contributed by atoms with E-state index in [2.05, 4.69) is 98.0 Å². The lowest BCUT2D eigenvalue weighted by Gasteiger charge is -2.32. The fraction of sp³-hybridized carbons (Fsp3) is 0.593. The maximum absolute atomic E-state index is 15.3. The van der Waals surface area contributed by atoms with Gasteiger partial charge in [0.1, 0.15) is 0 Å². The highest BCUT2D eigenvalue weighted by atomic mass is 32.1. The van der Waals surface area contributed by atoms with Gasteiger partial charge in [0.25, 0.3) is 11.8 Å². The average Bonchev–Trinajstić information content (AvgIpc) is 4.16. The summed E-state index contributed by atoms with van der Waals surface area (Å²) in [7, 11) is 0. The Kier molecular flexibility index (Phi) is 18.3. The molecule has 0 aromatic carbocycles. The van der Waals surface area contributed by atoms with E-state index in [1.165, 1.54) is 98.6 Å². The zero-order valence-corrected chi connectivity index (χ0v) is 44.3. The maximum atomic E-state index is 15.3. The molecule has 2 amide bonds. The van der Waals surface area contributed by atoms with Crippen molar-refractivity contribution in [2.24, 2.45) is 11.8 Å². The second-order valence-corrected chi connectivity index (χ2v) is 22.7. The molecule has 8 heteroatoms. The number of aromatic nitrogens is 2. The molecule has 4 aromatic rings. The largest absolute Gasteiger partial charge is 0.306 e. The summed E-state index contributed by atoms with van der Waals surface area (Å²) in [6.07, 6.45) is 30.2. The van der Waals surface area contributed by atoms with Crippen molar-refractivity contribution < 1.29 is 9.59 Å². The highest BCUT2D eigenvalue weighted by Gasteiger charge is 2.50. The van der Waals surface area contributed by atoms with Gasteiger partial charge in [-0.05, 0) is 98.4 Å². The molecule has 3 aliphatic rings. The Labute approximate surface area is 413 Å². The van der Waals surface area contributed by atoms with E-state index in [1.807, 2.05) is 16.0 Å². The molecule has 6 nitrogen and oxygen atoms in total. The Balaban J connectivity index is 1.32. The van der Waals surface area contributed by atoms with Crippen molar-refractivity contribution in [2.45, 2.75) is 202 Å². The molecule has 2 atom stereocenters. The first-order valence-corrected chi connectivity index (χ1v) is 28.6. The summed E-state index contributed by atoms with van der Waals surface area (Å²) in [5.41, 5.74) is 9.89. The zero-order valence-electron chi connectivity index (χ0n) is 42.7. The first-order valence-electron chi connectivity index (χ1n) is 26.9. The first kappa shape index (κ1) is 51.0. The number of thiophene rings is 2. The monoisotopic (exact) mass is 943 g/mol. The van der Waals surface area contributed by atoms with Crippen molar-refractivity contribution in [2.75, 3.05) is 13.1 Å². The van der Waals surface area contributed by atoms with Gasteiger partial charge in [0, 0.05) is 46.2 Å². The molecule has 0 spiro atoms. The van der Waals surface area contributed by atoms with Gasteiger partial charge >= 0.3 is 0 Å². The number of hydrogen-bond acceptors (Lipinski definition) is 6. The minimum absolute atomic E-state index is 0.0117. The van der Waals surface area contributed by atoms with Gasteiger partial charge in [-0.15, -0.1) is 22.7 Å². The third-order valence-corrected chi connectivity index (χ3v) is 17.5. The highest BCUT2D eigenvalue weighted by Crippen LogP contribution is 2.55. The van der Waals surface area contributed by atoms with Crippen molar-refractivity contribution in [3.05, 3.63) is 91.3 Å². The van der Waals surface area contributed by atoms with Gasteiger partial charge in [0.15, 0.2) is 0 Å². The van der Waals surface area contributed by atoms with Crippen molar-refractivity contribution in [3.8, 4) is 21.8 Å². The van der Waals surface area contributed by atoms with E-state index < -0.39 is 0 Å². The first-order chi connectivity index (χ1) is 32.6. The normalized spacial score (nSPS) is 16.2. The van der Waals surface area contributed by atoms with E-state index in [1.54, 1.807) is 22.7 Å². The molecule has 4 aromatic heterocycles. The predicted molar refractivity (Wildman–Crippen MR) is 285 cm³/mol. The topological polar surface area (TPSA) is 66.4 Å². The van der Waals surface area contributed by atoms with E-state index >= 15 is 9.59 Å². The molecular formula is C59H82N4O2S2. The summed E-state index contributed by atoms with van der Waals surface area (Å²) in [6, 6.07) is 13.6. The number of carbonyl (C=O) groups excluding carboxylic acids is 2. The predicted octanol–water partition coefficient (Wildman–Crippen LogP) is 16.9. The lowest BCUT2D eigenvalue weighted by Crippen LogP contribution is -2.34. The lowest BCUT2D eigenvalue weighted by molar-refractivity contribution is -0.124. The molecule has 0 N–H and O–H groups in total. The van der Waals surface area contributed by atoms with Gasteiger partial charge < -0.3 is 9.80 Å². The van der Waals surface area contributed by atoms with E-state index in [4.69, 9.17) is 9.97 Å². The molecule has 0 fully saturated rings. The fourth-order valence-electron chi connectivity index (χ4n) is 11.3. The van der Waals surface area contributed by atoms with Crippen LogP contribution in [-0.2, 0) is 15.0 Å². The van der Waals surface area contributed by atoms with Crippen LogP contribution in [0.4, 0.5) is 0 Å². The van der Waals surface area contributed by atoms with Gasteiger partial charge in [0.05, 0.1) is 43.7 Å². The van der Waals surface area contributed by atoms with Crippen LogP contribution >= 0.6 is 22.7 Å². The Morgan fingerprint density at radius 3 is 1.51 bits per heavy atom. The van der Waals surface area contributed by atoms with Gasteiger partial charge in [0.2, 0.25) is 0 Å². The quantitative estimate of drug-likeness (QED) is 0.0509. The summed E-state index contributed by atoms with van der Waals surface area (Å²) in [5, 5.41) is 0. The summed E-state index contributed by atoms with van der Waals surface area (Å²) >= 11 is 3.41. The number of unbranched alkanes of at least 4 members (excludes halogenated alkanes) is 12. The minimum atomic E-state index is -0.126. The van der Waals surface area contributed by atoms with E-state index in [0.717, 1.165) is 107 Å². The number of nitrogens with zero attached hydrogens (tertiary/aromatic N) is 4. The Bertz CT molecular complexity index is 2350. The molecule has 0 bridgehead atoms. The van der Waals surface area contributed by atoms with Crippen molar-refractivity contribution in [3.63, 3.8) is 0 Å². The molecule has 7 rings (SSSR count). The second kappa shape index (κ2) is 24.1. The maximum Gasteiger partial charge on any atom is 0.261 e. The summed E-state index contributed by atoms with van der Waals surface area (Å²) in [5.74, 6) is 0.694. The molecule has 0 saturated carbocycles. The second-order valence-electron chi connectivity index (χ2n) is 20.3. The molecule has 2 unspecified atom stereocenters. The third kappa shape index (κ3) is 11.1. The number of carbonyl (C=O) groups is 2. The van der Waals surface area contributed by atoms with E-state index in [-0.39, 0.29) is 17.2 Å².